The zero-order chi connectivity index (χ0) is 18.0. The quantitative estimate of drug-likeness (QED) is 0.494. The van der Waals surface area contributed by atoms with E-state index in [1.54, 1.807) is 29.6 Å². The van der Waals surface area contributed by atoms with Crippen molar-refractivity contribution in [2.75, 3.05) is 17.7 Å². The molecule has 0 saturated carbocycles. The fourth-order valence-corrected chi connectivity index (χ4v) is 3.19. The normalized spacial score (nSPS) is 12.2. The number of benzene rings is 1. The summed E-state index contributed by atoms with van der Waals surface area (Å²) in [6, 6.07) is 6.64. The first-order valence-corrected chi connectivity index (χ1v) is 8.30. The van der Waals surface area contributed by atoms with Gasteiger partial charge in [-0.15, -0.1) is 11.3 Å². The molecule has 0 fully saturated rings. The fraction of sp³-hybridized carbons (Fsp3) is 0.188. The van der Waals surface area contributed by atoms with Crippen molar-refractivity contribution in [1.29, 1.82) is 0 Å². The van der Waals surface area contributed by atoms with Crippen LogP contribution in [0.5, 0.6) is 0 Å². The molecular weight excluding hydrogens is 344 g/mol. The summed E-state index contributed by atoms with van der Waals surface area (Å²) >= 11 is 1.19. The Hall–Kier alpha value is -2.75. The Kier molecular flexibility index (Phi) is 4.79. The number of carbonyl (C=O) groups excluding carboxylic acids is 1. The molecule has 9 heteroatoms. The maximum Gasteiger partial charge on any atom is 0.262 e. The lowest BCUT2D eigenvalue weighted by Gasteiger charge is -2.10. The number of nitrogen functional groups attached to an aromatic ring is 1. The number of nitrogens with two attached hydrogens (primary N) is 1. The summed E-state index contributed by atoms with van der Waals surface area (Å²) in [5, 5.41) is 22.9. The summed E-state index contributed by atoms with van der Waals surface area (Å²) in [6.07, 6.45) is 0.212. The van der Waals surface area contributed by atoms with Crippen LogP contribution in [0.4, 0.5) is 11.4 Å². The highest BCUT2D eigenvalue weighted by atomic mass is 32.1. The molecule has 5 N–H and O–H groups in total. The van der Waals surface area contributed by atoms with Crippen molar-refractivity contribution in [1.82, 2.24) is 9.55 Å². The first kappa shape index (κ1) is 17.1. The van der Waals surface area contributed by atoms with E-state index in [2.05, 4.69) is 10.3 Å². The van der Waals surface area contributed by atoms with E-state index in [9.17, 15) is 14.7 Å². The number of carbonyl (C=O) groups is 1. The number of aromatic nitrogens is 2. The van der Waals surface area contributed by atoms with Crippen LogP contribution >= 0.6 is 11.3 Å². The minimum Gasteiger partial charge on any atom is -0.399 e. The highest BCUT2D eigenvalue weighted by molar-refractivity contribution is 7.17. The summed E-state index contributed by atoms with van der Waals surface area (Å²) in [6.45, 7) is -0.578. The van der Waals surface area contributed by atoms with Crippen LogP contribution in [0, 0.1) is 0 Å². The van der Waals surface area contributed by atoms with E-state index in [1.165, 1.54) is 22.2 Å². The van der Waals surface area contributed by atoms with Gasteiger partial charge in [-0.05, 0) is 24.3 Å². The summed E-state index contributed by atoms with van der Waals surface area (Å²) in [7, 11) is 0. The zero-order valence-corrected chi connectivity index (χ0v) is 13.9. The number of hydrogen-bond donors (Lipinski definition) is 4. The summed E-state index contributed by atoms with van der Waals surface area (Å²) in [5.74, 6) is -0.435. The molecule has 1 atom stereocenters. The molecule has 8 nitrogen and oxygen atoms in total. The van der Waals surface area contributed by atoms with Crippen LogP contribution in [-0.2, 0) is 6.54 Å². The van der Waals surface area contributed by atoms with E-state index in [0.29, 0.717) is 16.2 Å². The Bertz CT molecular complexity index is 964. The van der Waals surface area contributed by atoms with E-state index < -0.39 is 24.2 Å². The highest BCUT2D eigenvalue weighted by Gasteiger charge is 2.18. The van der Waals surface area contributed by atoms with Gasteiger partial charge in [0.2, 0.25) is 0 Å². The first-order chi connectivity index (χ1) is 12.0. The van der Waals surface area contributed by atoms with Crippen molar-refractivity contribution >= 4 is 38.8 Å². The van der Waals surface area contributed by atoms with Crippen molar-refractivity contribution in [3.05, 3.63) is 51.9 Å². The molecule has 0 aliphatic rings. The molecule has 0 aliphatic heterocycles. The summed E-state index contributed by atoms with van der Waals surface area (Å²) in [4.78, 5) is 29.7. The molecule has 3 aromatic rings. The Morgan fingerprint density at radius 3 is 2.76 bits per heavy atom. The highest BCUT2D eigenvalue weighted by Crippen LogP contribution is 2.22. The zero-order valence-electron chi connectivity index (χ0n) is 13.0. The van der Waals surface area contributed by atoms with Crippen LogP contribution in [-0.4, -0.2) is 38.4 Å². The topological polar surface area (TPSA) is 130 Å². The maximum atomic E-state index is 12.6. The Labute approximate surface area is 146 Å². The maximum absolute atomic E-state index is 12.6. The van der Waals surface area contributed by atoms with Gasteiger partial charge in [0.25, 0.3) is 11.5 Å². The lowest BCUT2D eigenvalue weighted by Crippen LogP contribution is -2.29. The Balaban J connectivity index is 1.95. The van der Waals surface area contributed by atoms with Gasteiger partial charge < -0.3 is 21.3 Å². The van der Waals surface area contributed by atoms with Crippen LogP contribution in [0.25, 0.3) is 10.2 Å². The fourth-order valence-electron chi connectivity index (χ4n) is 2.31. The van der Waals surface area contributed by atoms with Crippen molar-refractivity contribution in [2.24, 2.45) is 0 Å². The number of aliphatic hydroxyl groups is 2. The molecule has 2 heterocycles. The van der Waals surface area contributed by atoms with Crippen LogP contribution in [0.1, 0.15) is 10.4 Å². The molecule has 0 spiro atoms. The molecule has 0 saturated heterocycles. The third kappa shape index (κ3) is 3.53. The summed E-state index contributed by atoms with van der Waals surface area (Å²) < 4.78 is 1.18. The van der Waals surface area contributed by atoms with E-state index in [-0.39, 0.29) is 17.5 Å². The standard InChI is InChI=1S/C16H16N4O4S/c17-9-1-3-10(4-2-9)19-14(23)12-7-25-15-13(12)16(24)20(8-18-15)5-11(22)6-21/h1-4,7-8,11,21-22H,5-6,17H2,(H,19,23). The second-order valence-electron chi connectivity index (χ2n) is 5.44. The summed E-state index contributed by atoms with van der Waals surface area (Å²) in [5.41, 5.74) is 6.51. The number of anilines is 2. The number of rotatable bonds is 5. The van der Waals surface area contributed by atoms with Crippen molar-refractivity contribution in [3.63, 3.8) is 0 Å². The Morgan fingerprint density at radius 1 is 1.36 bits per heavy atom. The van der Waals surface area contributed by atoms with Gasteiger partial charge in [0.15, 0.2) is 0 Å². The van der Waals surface area contributed by atoms with Gasteiger partial charge in [0, 0.05) is 16.8 Å². The first-order valence-electron chi connectivity index (χ1n) is 7.42. The van der Waals surface area contributed by atoms with Crippen LogP contribution < -0.4 is 16.6 Å². The van der Waals surface area contributed by atoms with E-state index in [4.69, 9.17) is 10.8 Å². The van der Waals surface area contributed by atoms with E-state index in [0.717, 1.165) is 0 Å². The number of fused-ring (bicyclic) bond motifs is 1. The number of hydrogen-bond acceptors (Lipinski definition) is 7. The monoisotopic (exact) mass is 360 g/mol. The van der Waals surface area contributed by atoms with Crippen LogP contribution in [0.3, 0.4) is 0 Å². The minimum atomic E-state index is -1.08. The van der Waals surface area contributed by atoms with Gasteiger partial charge in [0.05, 0.1) is 36.5 Å². The SMILES string of the molecule is Nc1ccc(NC(=O)c2csc3ncn(CC(O)CO)c(=O)c23)cc1. The second-order valence-corrected chi connectivity index (χ2v) is 6.30. The number of nitrogens with zero attached hydrogens (tertiary/aromatic N) is 2. The number of aliphatic hydroxyl groups excluding tert-OH is 2. The average molecular weight is 360 g/mol. The van der Waals surface area contributed by atoms with Gasteiger partial charge in [-0.3, -0.25) is 14.2 Å². The molecule has 2 aromatic heterocycles. The smallest absolute Gasteiger partial charge is 0.262 e. The van der Waals surface area contributed by atoms with Crippen molar-refractivity contribution in [3.8, 4) is 0 Å². The van der Waals surface area contributed by atoms with Gasteiger partial charge in [0.1, 0.15) is 4.83 Å². The molecule has 0 bridgehead atoms. The van der Waals surface area contributed by atoms with E-state index in [1.807, 2.05) is 0 Å². The molecule has 1 amide bonds. The molecule has 0 radical (unpaired) electrons. The van der Waals surface area contributed by atoms with Gasteiger partial charge >= 0.3 is 0 Å². The molecule has 0 aliphatic carbocycles. The molecule has 3 rings (SSSR count). The number of nitrogens with one attached hydrogen (secondary N) is 1. The lowest BCUT2D eigenvalue weighted by molar-refractivity contribution is 0.0803. The van der Waals surface area contributed by atoms with Crippen molar-refractivity contribution in [2.45, 2.75) is 12.6 Å². The second kappa shape index (κ2) is 7.01. The number of amides is 1. The predicted octanol–water partition coefficient (Wildman–Crippen LogP) is 0.646. The molecule has 1 unspecified atom stereocenters. The molecular formula is C16H16N4O4S. The molecule has 130 valence electrons. The molecule has 25 heavy (non-hydrogen) atoms. The van der Waals surface area contributed by atoms with Crippen LogP contribution in [0.15, 0.2) is 40.8 Å². The molecule has 1 aromatic carbocycles. The van der Waals surface area contributed by atoms with Crippen LogP contribution in [0.2, 0.25) is 0 Å². The van der Waals surface area contributed by atoms with Gasteiger partial charge in [-0.25, -0.2) is 4.98 Å². The van der Waals surface area contributed by atoms with Crippen molar-refractivity contribution < 1.29 is 15.0 Å². The lowest BCUT2D eigenvalue weighted by atomic mass is 10.2. The van der Waals surface area contributed by atoms with Gasteiger partial charge in [-0.2, -0.15) is 0 Å². The third-order valence-electron chi connectivity index (χ3n) is 3.59. The van der Waals surface area contributed by atoms with Gasteiger partial charge in [-0.1, -0.05) is 0 Å². The van der Waals surface area contributed by atoms with E-state index >= 15 is 0 Å². The average Bonchev–Trinajstić information content (AvgIpc) is 3.04. The Morgan fingerprint density at radius 2 is 2.08 bits per heavy atom. The minimum absolute atomic E-state index is 0.104. The predicted molar refractivity (Wildman–Crippen MR) is 95.8 cm³/mol. The third-order valence-corrected chi connectivity index (χ3v) is 4.48. The number of thiophene rings is 1. The largest absolute Gasteiger partial charge is 0.399 e.